The maximum absolute atomic E-state index is 11.5. The molecule has 18 heavy (non-hydrogen) atoms. The summed E-state index contributed by atoms with van der Waals surface area (Å²) < 4.78 is 34.2. The van der Waals surface area contributed by atoms with Crippen LogP contribution in [-0.4, -0.2) is 44.9 Å². The van der Waals surface area contributed by atoms with Crippen LogP contribution in [0.1, 0.15) is 27.7 Å². The van der Waals surface area contributed by atoms with E-state index in [4.69, 9.17) is 4.74 Å². The topological polar surface area (TPSA) is 98.8 Å². The minimum Gasteiger partial charge on any atom is -0.468 e. The fourth-order valence-corrected chi connectivity index (χ4v) is 2.11. The molecule has 7 nitrogen and oxygen atoms in total. The van der Waals surface area contributed by atoms with Gasteiger partial charge in [-0.15, -0.1) is 0 Å². The Morgan fingerprint density at radius 1 is 1.28 bits per heavy atom. The predicted octanol–water partition coefficient (Wildman–Crippen LogP) is -0.191. The second-order valence-corrected chi connectivity index (χ2v) is 6.46. The molecule has 0 aromatic heterocycles. The van der Waals surface area contributed by atoms with Crippen molar-refractivity contribution in [3.05, 3.63) is 0 Å². The SMILES string of the molecule is COC(=O)CS(=O)(=O)N[C@@H](C)C(=O)OC(C)(C)C. The summed E-state index contributed by atoms with van der Waals surface area (Å²) in [7, 11) is -2.84. The maximum atomic E-state index is 11.5. The molecule has 0 spiro atoms. The molecule has 0 aliphatic carbocycles. The van der Waals surface area contributed by atoms with E-state index in [0.717, 1.165) is 7.11 Å². The van der Waals surface area contributed by atoms with Gasteiger partial charge < -0.3 is 9.47 Å². The summed E-state index contributed by atoms with van der Waals surface area (Å²) >= 11 is 0. The summed E-state index contributed by atoms with van der Waals surface area (Å²) in [6.07, 6.45) is 0. The van der Waals surface area contributed by atoms with Crippen LogP contribution in [0, 0.1) is 0 Å². The number of rotatable bonds is 5. The second kappa shape index (κ2) is 6.14. The summed E-state index contributed by atoms with van der Waals surface area (Å²) in [6, 6.07) is -1.07. The van der Waals surface area contributed by atoms with Crippen molar-refractivity contribution in [2.45, 2.75) is 39.3 Å². The Morgan fingerprint density at radius 3 is 2.17 bits per heavy atom. The Bertz CT molecular complexity index is 409. The molecular formula is C10H19NO6S. The molecule has 0 rings (SSSR count). The van der Waals surface area contributed by atoms with Gasteiger partial charge in [-0.1, -0.05) is 0 Å². The van der Waals surface area contributed by atoms with Gasteiger partial charge in [0, 0.05) is 0 Å². The minimum atomic E-state index is -3.92. The normalized spacial score (nSPS) is 13.8. The molecule has 0 aromatic carbocycles. The number of esters is 2. The third-order valence-electron chi connectivity index (χ3n) is 1.65. The van der Waals surface area contributed by atoms with E-state index in [0.29, 0.717) is 0 Å². The quantitative estimate of drug-likeness (QED) is 0.701. The largest absolute Gasteiger partial charge is 0.468 e. The van der Waals surface area contributed by atoms with Crippen LogP contribution in [0.3, 0.4) is 0 Å². The van der Waals surface area contributed by atoms with E-state index in [9.17, 15) is 18.0 Å². The van der Waals surface area contributed by atoms with Crippen LogP contribution in [0.5, 0.6) is 0 Å². The maximum Gasteiger partial charge on any atom is 0.324 e. The predicted molar refractivity (Wildman–Crippen MR) is 64.2 cm³/mol. The lowest BCUT2D eigenvalue weighted by Gasteiger charge is -2.22. The molecule has 0 bridgehead atoms. The van der Waals surface area contributed by atoms with Crippen molar-refractivity contribution in [2.75, 3.05) is 12.9 Å². The van der Waals surface area contributed by atoms with E-state index in [1.54, 1.807) is 20.8 Å². The summed E-state index contributed by atoms with van der Waals surface area (Å²) in [5.74, 6) is -2.45. The van der Waals surface area contributed by atoms with Crippen LogP contribution in [0.25, 0.3) is 0 Å². The van der Waals surface area contributed by atoms with Gasteiger partial charge in [-0.2, -0.15) is 0 Å². The molecule has 0 unspecified atom stereocenters. The third-order valence-corrected chi connectivity index (χ3v) is 2.98. The zero-order valence-corrected chi connectivity index (χ0v) is 12.0. The first kappa shape index (κ1) is 16.9. The number of ether oxygens (including phenoxy) is 2. The molecule has 0 radical (unpaired) electrons. The molecule has 0 fully saturated rings. The van der Waals surface area contributed by atoms with Gasteiger partial charge in [0.25, 0.3) is 0 Å². The van der Waals surface area contributed by atoms with Gasteiger partial charge in [-0.05, 0) is 27.7 Å². The molecular weight excluding hydrogens is 262 g/mol. The average Bonchev–Trinajstić information content (AvgIpc) is 2.13. The lowest BCUT2D eigenvalue weighted by molar-refractivity contribution is -0.156. The van der Waals surface area contributed by atoms with Crippen molar-refractivity contribution in [2.24, 2.45) is 0 Å². The Balaban J connectivity index is 4.52. The second-order valence-electron chi connectivity index (χ2n) is 4.71. The number of methoxy groups -OCH3 is 1. The number of nitrogens with one attached hydrogen (secondary N) is 1. The monoisotopic (exact) mass is 281 g/mol. The van der Waals surface area contributed by atoms with Gasteiger partial charge in [0.15, 0.2) is 5.75 Å². The Labute approximate surface area is 107 Å². The lowest BCUT2D eigenvalue weighted by Crippen LogP contribution is -2.44. The number of hydrogen-bond acceptors (Lipinski definition) is 6. The molecule has 0 aliphatic rings. The highest BCUT2D eigenvalue weighted by Gasteiger charge is 2.26. The van der Waals surface area contributed by atoms with E-state index >= 15 is 0 Å². The van der Waals surface area contributed by atoms with Crippen LogP contribution >= 0.6 is 0 Å². The average molecular weight is 281 g/mol. The van der Waals surface area contributed by atoms with Crippen LogP contribution in [0.2, 0.25) is 0 Å². The highest BCUT2D eigenvalue weighted by atomic mass is 32.2. The summed E-state index contributed by atoms with van der Waals surface area (Å²) in [4.78, 5) is 22.4. The zero-order valence-electron chi connectivity index (χ0n) is 11.1. The summed E-state index contributed by atoms with van der Waals surface area (Å²) in [6.45, 7) is 6.34. The standard InChI is InChI=1S/C10H19NO6S/c1-7(9(13)17-10(2,3)4)11-18(14,15)6-8(12)16-5/h7,11H,6H2,1-5H3/t7-/m0/s1. The number of carbonyl (C=O) groups excluding carboxylic acids is 2. The van der Waals surface area contributed by atoms with Crippen LogP contribution in [-0.2, 0) is 29.1 Å². The van der Waals surface area contributed by atoms with Crippen molar-refractivity contribution in [1.29, 1.82) is 0 Å². The van der Waals surface area contributed by atoms with Crippen LogP contribution in [0.15, 0.2) is 0 Å². The summed E-state index contributed by atoms with van der Waals surface area (Å²) in [5, 5.41) is 0. The molecule has 0 aromatic rings. The molecule has 1 atom stereocenters. The van der Waals surface area contributed by atoms with Crippen molar-refractivity contribution in [1.82, 2.24) is 4.72 Å². The van der Waals surface area contributed by atoms with Gasteiger partial charge in [-0.25, -0.2) is 13.1 Å². The van der Waals surface area contributed by atoms with E-state index in [1.807, 2.05) is 4.72 Å². The van der Waals surface area contributed by atoms with Crippen molar-refractivity contribution in [3.63, 3.8) is 0 Å². The van der Waals surface area contributed by atoms with Crippen LogP contribution in [0.4, 0.5) is 0 Å². The molecule has 0 amide bonds. The van der Waals surface area contributed by atoms with E-state index in [-0.39, 0.29) is 0 Å². The minimum absolute atomic E-state index is 0.709. The van der Waals surface area contributed by atoms with Crippen molar-refractivity contribution in [3.8, 4) is 0 Å². The first-order chi connectivity index (χ1) is 7.97. The van der Waals surface area contributed by atoms with Crippen molar-refractivity contribution >= 4 is 22.0 Å². The van der Waals surface area contributed by atoms with Gasteiger partial charge in [0.05, 0.1) is 7.11 Å². The van der Waals surface area contributed by atoms with Gasteiger partial charge >= 0.3 is 11.9 Å². The van der Waals surface area contributed by atoms with Gasteiger partial charge in [0.2, 0.25) is 10.0 Å². The van der Waals surface area contributed by atoms with Crippen molar-refractivity contribution < 1.29 is 27.5 Å². The Hall–Kier alpha value is -1.15. The third kappa shape index (κ3) is 7.23. The van der Waals surface area contributed by atoms with Gasteiger partial charge in [-0.3, -0.25) is 9.59 Å². The smallest absolute Gasteiger partial charge is 0.324 e. The lowest BCUT2D eigenvalue weighted by atomic mass is 10.2. The molecule has 106 valence electrons. The number of sulfonamides is 1. The first-order valence-electron chi connectivity index (χ1n) is 5.26. The Kier molecular flexibility index (Phi) is 5.75. The summed E-state index contributed by atoms with van der Waals surface area (Å²) in [5.41, 5.74) is -0.709. The van der Waals surface area contributed by atoms with Gasteiger partial charge in [0.1, 0.15) is 11.6 Å². The molecule has 0 heterocycles. The van der Waals surface area contributed by atoms with Crippen LogP contribution < -0.4 is 4.72 Å². The molecule has 8 heteroatoms. The van der Waals surface area contributed by atoms with E-state index < -0.39 is 39.4 Å². The first-order valence-corrected chi connectivity index (χ1v) is 6.92. The Morgan fingerprint density at radius 2 is 1.78 bits per heavy atom. The highest BCUT2D eigenvalue weighted by Crippen LogP contribution is 2.08. The fraction of sp³-hybridized carbons (Fsp3) is 0.800. The molecule has 0 saturated heterocycles. The zero-order chi connectivity index (χ0) is 14.6. The molecule has 1 N–H and O–H groups in total. The highest BCUT2D eigenvalue weighted by molar-refractivity contribution is 7.90. The molecule has 0 saturated carbocycles. The number of hydrogen-bond donors (Lipinski definition) is 1. The number of carbonyl (C=O) groups is 2. The van der Waals surface area contributed by atoms with E-state index in [2.05, 4.69) is 4.74 Å². The molecule has 0 aliphatic heterocycles. The fourth-order valence-electron chi connectivity index (χ4n) is 0.963. The van der Waals surface area contributed by atoms with E-state index in [1.165, 1.54) is 6.92 Å².